The molecule has 0 radical (unpaired) electrons. The van der Waals surface area contributed by atoms with Gasteiger partial charge in [-0.25, -0.2) is 8.78 Å². The number of rotatable bonds is 5. The van der Waals surface area contributed by atoms with Crippen LogP contribution in [0.15, 0.2) is 23.1 Å². The summed E-state index contributed by atoms with van der Waals surface area (Å²) in [4.78, 5) is 0.725. The zero-order valence-electron chi connectivity index (χ0n) is 12.2. The van der Waals surface area contributed by atoms with E-state index in [2.05, 4.69) is 18.3 Å². The molecule has 0 aromatic heterocycles. The van der Waals surface area contributed by atoms with Gasteiger partial charge in [0.25, 0.3) is 0 Å². The molecule has 1 aliphatic carbocycles. The van der Waals surface area contributed by atoms with E-state index in [4.69, 9.17) is 0 Å². The molecule has 0 spiro atoms. The summed E-state index contributed by atoms with van der Waals surface area (Å²) >= 11 is 1.54. The van der Waals surface area contributed by atoms with Crippen LogP contribution in [-0.2, 0) is 0 Å². The molecule has 1 aromatic carbocycles. The topological polar surface area (TPSA) is 35.8 Å². The molecule has 0 heterocycles. The van der Waals surface area contributed by atoms with Crippen LogP contribution in [0.1, 0.15) is 39.0 Å². The van der Waals surface area contributed by atoms with Gasteiger partial charge in [-0.05, 0) is 56.8 Å². The lowest BCUT2D eigenvalue weighted by Crippen LogP contribution is -2.48. The van der Waals surface area contributed by atoms with Gasteiger partial charge in [0.05, 0.1) is 6.07 Å². The fraction of sp³-hybridized carbons (Fsp3) is 0.562. The van der Waals surface area contributed by atoms with E-state index in [9.17, 15) is 14.0 Å². The number of hydrogen-bond acceptors (Lipinski definition) is 3. The van der Waals surface area contributed by atoms with Crippen LogP contribution in [0, 0.1) is 23.0 Å². The molecule has 1 fully saturated rings. The van der Waals surface area contributed by atoms with Gasteiger partial charge in [0, 0.05) is 10.1 Å². The monoisotopic (exact) mass is 310 g/mol. The molecule has 114 valence electrons. The van der Waals surface area contributed by atoms with Gasteiger partial charge in [-0.1, -0.05) is 6.92 Å². The van der Waals surface area contributed by atoms with E-state index < -0.39 is 17.2 Å². The highest BCUT2D eigenvalue weighted by Crippen LogP contribution is 2.38. The average Bonchev–Trinajstić information content (AvgIpc) is 2.49. The summed E-state index contributed by atoms with van der Waals surface area (Å²) in [6.07, 6.45) is 4.57. The number of nitriles is 1. The van der Waals surface area contributed by atoms with Crippen LogP contribution in [-0.4, -0.2) is 17.3 Å². The van der Waals surface area contributed by atoms with Gasteiger partial charge in [0.1, 0.15) is 5.54 Å². The molecule has 0 amide bonds. The van der Waals surface area contributed by atoms with Gasteiger partial charge < -0.3 is 0 Å². The highest BCUT2D eigenvalue weighted by Gasteiger charge is 2.36. The van der Waals surface area contributed by atoms with Crippen molar-refractivity contribution in [2.24, 2.45) is 0 Å². The molecule has 0 bridgehead atoms. The Labute approximate surface area is 128 Å². The van der Waals surface area contributed by atoms with Crippen LogP contribution < -0.4 is 5.32 Å². The Morgan fingerprint density at radius 2 is 2.24 bits per heavy atom. The maximum Gasteiger partial charge on any atom is 0.159 e. The molecule has 1 aliphatic rings. The van der Waals surface area contributed by atoms with E-state index in [1.807, 2.05) is 0 Å². The summed E-state index contributed by atoms with van der Waals surface area (Å²) in [5.74, 6) is -1.63. The summed E-state index contributed by atoms with van der Waals surface area (Å²) in [6.45, 7) is 2.91. The highest BCUT2D eigenvalue weighted by atomic mass is 32.2. The van der Waals surface area contributed by atoms with Crippen molar-refractivity contribution in [3.63, 3.8) is 0 Å². The predicted octanol–water partition coefficient (Wildman–Crippen LogP) is 4.26. The number of hydrogen-bond donors (Lipinski definition) is 1. The molecule has 1 saturated carbocycles. The SMILES string of the molecule is CCCNC1(C#N)CCCC(Sc2ccc(F)c(F)c2)C1. The molecular weight excluding hydrogens is 290 g/mol. The van der Waals surface area contributed by atoms with Crippen molar-refractivity contribution in [1.29, 1.82) is 5.26 Å². The zero-order valence-corrected chi connectivity index (χ0v) is 13.0. The van der Waals surface area contributed by atoms with Crippen LogP contribution in [0.2, 0.25) is 0 Å². The van der Waals surface area contributed by atoms with E-state index in [0.29, 0.717) is 0 Å². The molecule has 2 atom stereocenters. The molecule has 21 heavy (non-hydrogen) atoms. The first-order valence-electron chi connectivity index (χ1n) is 7.36. The second-order valence-corrected chi connectivity index (χ2v) is 6.91. The summed E-state index contributed by atoms with van der Waals surface area (Å²) in [7, 11) is 0. The molecule has 0 saturated heterocycles. The molecule has 1 N–H and O–H groups in total. The highest BCUT2D eigenvalue weighted by molar-refractivity contribution is 8.00. The number of nitrogens with one attached hydrogen (secondary N) is 1. The first-order chi connectivity index (χ1) is 10.1. The van der Waals surface area contributed by atoms with E-state index in [-0.39, 0.29) is 5.25 Å². The Bertz CT molecular complexity index is 529. The first-order valence-corrected chi connectivity index (χ1v) is 8.24. The first kappa shape index (κ1) is 16.3. The minimum absolute atomic E-state index is 0.257. The van der Waals surface area contributed by atoms with Crippen LogP contribution in [0.4, 0.5) is 8.78 Å². The number of thioether (sulfide) groups is 1. The van der Waals surface area contributed by atoms with Gasteiger partial charge >= 0.3 is 0 Å². The van der Waals surface area contributed by atoms with Gasteiger partial charge in [-0.15, -0.1) is 11.8 Å². The van der Waals surface area contributed by atoms with Crippen molar-refractivity contribution in [1.82, 2.24) is 5.32 Å². The Morgan fingerprint density at radius 3 is 2.90 bits per heavy atom. The van der Waals surface area contributed by atoms with Crippen LogP contribution in [0.5, 0.6) is 0 Å². The molecule has 2 unspecified atom stereocenters. The third-order valence-corrected chi connectivity index (χ3v) is 5.09. The van der Waals surface area contributed by atoms with Crippen LogP contribution >= 0.6 is 11.8 Å². The Balaban J connectivity index is 2.03. The van der Waals surface area contributed by atoms with E-state index >= 15 is 0 Å². The minimum atomic E-state index is -0.820. The largest absolute Gasteiger partial charge is 0.299 e. The third-order valence-electron chi connectivity index (χ3n) is 3.83. The van der Waals surface area contributed by atoms with E-state index in [1.54, 1.807) is 17.8 Å². The fourth-order valence-electron chi connectivity index (χ4n) is 2.73. The standard InChI is InChI=1S/C16H20F2N2S/c1-2-8-20-16(11-19)7-3-4-13(10-16)21-12-5-6-14(17)15(18)9-12/h5-6,9,13,20H,2-4,7-8,10H2,1H3. The predicted molar refractivity (Wildman–Crippen MR) is 81.1 cm³/mol. The lowest BCUT2D eigenvalue weighted by atomic mass is 9.82. The lowest BCUT2D eigenvalue weighted by molar-refractivity contribution is 0.305. The maximum absolute atomic E-state index is 13.3. The summed E-state index contributed by atoms with van der Waals surface area (Å²) < 4.78 is 26.2. The van der Waals surface area contributed by atoms with Crippen molar-refractivity contribution < 1.29 is 8.78 Å². The molecule has 0 aliphatic heterocycles. The van der Waals surface area contributed by atoms with Crippen molar-refractivity contribution in [2.75, 3.05) is 6.54 Å². The molecule has 2 rings (SSSR count). The third kappa shape index (κ3) is 4.18. The van der Waals surface area contributed by atoms with Crippen molar-refractivity contribution in [3.05, 3.63) is 29.8 Å². The normalized spacial score (nSPS) is 25.5. The Morgan fingerprint density at radius 1 is 1.43 bits per heavy atom. The number of benzene rings is 1. The van der Waals surface area contributed by atoms with Gasteiger partial charge in [-0.2, -0.15) is 5.26 Å². The zero-order chi connectivity index (χ0) is 15.3. The molecule has 2 nitrogen and oxygen atoms in total. The minimum Gasteiger partial charge on any atom is -0.299 e. The summed E-state index contributed by atoms with van der Waals surface area (Å²) in [5.41, 5.74) is -0.468. The Hall–Kier alpha value is -1.12. The second kappa shape index (κ2) is 7.24. The summed E-state index contributed by atoms with van der Waals surface area (Å²) in [6, 6.07) is 6.43. The van der Waals surface area contributed by atoms with Gasteiger partial charge in [-0.3, -0.25) is 5.32 Å². The number of nitrogens with zero attached hydrogens (tertiary/aromatic N) is 1. The van der Waals surface area contributed by atoms with Crippen molar-refractivity contribution >= 4 is 11.8 Å². The van der Waals surface area contributed by atoms with Crippen LogP contribution in [0.25, 0.3) is 0 Å². The van der Waals surface area contributed by atoms with E-state index in [0.717, 1.165) is 49.6 Å². The quantitative estimate of drug-likeness (QED) is 0.882. The average molecular weight is 310 g/mol. The van der Waals surface area contributed by atoms with Gasteiger partial charge in [0.2, 0.25) is 0 Å². The van der Waals surface area contributed by atoms with Crippen molar-refractivity contribution in [3.8, 4) is 6.07 Å². The smallest absolute Gasteiger partial charge is 0.159 e. The lowest BCUT2D eigenvalue weighted by Gasteiger charge is -2.36. The summed E-state index contributed by atoms with van der Waals surface area (Å²) in [5, 5.41) is 13.1. The molecular formula is C16H20F2N2S. The maximum atomic E-state index is 13.3. The van der Waals surface area contributed by atoms with Crippen LogP contribution in [0.3, 0.4) is 0 Å². The second-order valence-electron chi connectivity index (χ2n) is 5.53. The molecule has 5 heteroatoms. The molecule has 1 aromatic rings. The number of halogens is 2. The van der Waals surface area contributed by atoms with Gasteiger partial charge in [0.15, 0.2) is 11.6 Å². The fourth-order valence-corrected chi connectivity index (χ4v) is 4.09. The van der Waals surface area contributed by atoms with Crippen molar-refractivity contribution in [2.45, 2.75) is 54.7 Å². The van der Waals surface area contributed by atoms with E-state index in [1.165, 1.54) is 6.07 Å². The Kier molecular flexibility index (Phi) is 5.60.